The Balaban J connectivity index is 2.38. The fraction of sp³-hybridized carbons (Fsp3) is 0.333. The fourth-order valence-electron chi connectivity index (χ4n) is 1.52. The van der Waals surface area contributed by atoms with Gasteiger partial charge in [-0.1, -0.05) is 30.3 Å². The quantitative estimate of drug-likeness (QED) is 0.540. The molecule has 0 radical (unpaired) electrons. The van der Waals surface area contributed by atoms with Gasteiger partial charge in [0, 0.05) is 6.04 Å². The van der Waals surface area contributed by atoms with E-state index in [2.05, 4.69) is 5.32 Å². The van der Waals surface area contributed by atoms with E-state index in [4.69, 9.17) is 5.73 Å². The van der Waals surface area contributed by atoms with Gasteiger partial charge in [0.15, 0.2) is 0 Å². The van der Waals surface area contributed by atoms with Crippen molar-refractivity contribution in [3.8, 4) is 0 Å². The Kier molecular flexibility index (Phi) is 5.83. The van der Waals surface area contributed by atoms with Crippen molar-refractivity contribution in [1.29, 1.82) is 0 Å². The lowest BCUT2D eigenvalue weighted by atomic mass is 10.1. The van der Waals surface area contributed by atoms with Crippen LogP contribution in [0.3, 0.4) is 0 Å². The zero-order valence-electron chi connectivity index (χ0n) is 9.93. The van der Waals surface area contributed by atoms with Crippen molar-refractivity contribution in [2.45, 2.75) is 12.5 Å². The molecular formula is C12H17N3O3. The van der Waals surface area contributed by atoms with Gasteiger partial charge in [-0.25, -0.2) is 4.79 Å². The third kappa shape index (κ3) is 5.42. The highest BCUT2D eigenvalue weighted by Crippen LogP contribution is 2.02. The van der Waals surface area contributed by atoms with Crippen molar-refractivity contribution in [3.05, 3.63) is 35.9 Å². The summed E-state index contributed by atoms with van der Waals surface area (Å²) in [7, 11) is 0. The van der Waals surface area contributed by atoms with Crippen LogP contribution < -0.4 is 16.4 Å². The number of benzene rings is 1. The van der Waals surface area contributed by atoms with E-state index in [0.717, 1.165) is 5.56 Å². The second kappa shape index (κ2) is 7.41. The van der Waals surface area contributed by atoms with Crippen LogP contribution in [0.4, 0.5) is 4.79 Å². The molecule has 0 fully saturated rings. The topological polar surface area (TPSA) is 104 Å². The largest absolute Gasteiger partial charge is 0.395 e. The first kappa shape index (κ1) is 14.1. The molecule has 1 aromatic carbocycles. The molecule has 98 valence electrons. The van der Waals surface area contributed by atoms with Crippen LogP contribution in [0.25, 0.3) is 0 Å². The number of aliphatic hydroxyl groups excluding tert-OH is 1. The van der Waals surface area contributed by atoms with Gasteiger partial charge in [0.05, 0.1) is 13.2 Å². The van der Waals surface area contributed by atoms with Gasteiger partial charge in [-0.15, -0.1) is 0 Å². The summed E-state index contributed by atoms with van der Waals surface area (Å²) in [4.78, 5) is 21.6. The van der Waals surface area contributed by atoms with E-state index < -0.39 is 11.9 Å². The molecule has 0 aliphatic heterocycles. The van der Waals surface area contributed by atoms with Gasteiger partial charge in [0.1, 0.15) is 0 Å². The fourth-order valence-corrected chi connectivity index (χ4v) is 1.52. The third-order valence-corrected chi connectivity index (χ3v) is 2.36. The molecule has 1 unspecified atom stereocenters. The van der Waals surface area contributed by atoms with E-state index in [1.54, 1.807) is 0 Å². The molecule has 6 nitrogen and oxygen atoms in total. The second-order valence-electron chi connectivity index (χ2n) is 3.86. The van der Waals surface area contributed by atoms with Gasteiger partial charge < -0.3 is 16.2 Å². The van der Waals surface area contributed by atoms with Gasteiger partial charge >= 0.3 is 6.03 Å². The normalized spacial score (nSPS) is 11.8. The van der Waals surface area contributed by atoms with E-state index in [1.807, 2.05) is 35.6 Å². The molecule has 1 aromatic rings. The molecule has 1 atom stereocenters. The van der Waals surface area contributed by atoms with Crippen LogP contribution in [0.2, 0.25) is 0 Å². The Labute approximate surface area is 105 Å². The number of primary amides is 1. The number of carbonyl (C=O) groups excluding carboxylic acids is 2. The zero-order valence-corrected chi connectivity index (χ0v) is 9.93. The minimum absolute atomic E-state index is 0.0685. The van der Waals surface area contributed by atoms with Crippen molar-refractivity contribution in [1.82, 2.24) is 10.6 Å². The van der Waals surface area contributed by atoms with Crippen molar-refractivity contribution in [2.24, 2.45) is 5.73 Å². The summed E-state index contributed by atoms with van der Waals surface area (Å²) in [5.74, 6) is -0.519. The Hall–Kier alpha value is -1.92. The van der Waals surface area contributed by atoms with E-state index >= 15 is 0 Å². The minimum atomic E-state index is -0.884. The van der Waals surface area contributed by atoms with Gasteiger partial charge in [-0.05, 0) is 12.0 Å². The summed E-state index contributed by atoms with van der Waals surface area (Å²) in [6.07, 6.45) is 0.598. The Morgan fingerprint density at radius 2 is 1.94 bits per heavy atom. The number of hydrogen-bond donors (Lipinski definition) is 4. The molecule has 0 saturated carbocycles. The maximum Gasteiger partial charge on any atom is 0.318 e. The molecule has 0 heterocycles. The van der Waals surface area contributed by atoms with E-state index in [1.165, 1.54) is 0 Å². The monoisotopic (exact) mass is 251 g/mol. The first-order valence-electron chi connectivity index (χ1n) is 5.59. The number of amides is 3. The molecule has 0 aliphatic rings. The van der Waals surface area contributed by atoms with E-state index in [9.17, 15) is 14.7 Å². The van der Waals surface area contributed by atoms with Crippen LogP contribution in [-0.2, 0) is 11.2 Å². The lowest BCUT2D eigenvalue weighted by Crippen LogP contribution is -2.45. The summed E-state index contributed by atoms with van der Waals surface area (Å²) in [5.41, 5.74) is 5.86. The van der Waals surface area contributed by atoms with Crippen molar-refractivity contribution < 1.29 is 14.7 Å². The van der Waals surface area contributed by atoms with Crippen LogP contribution in [0, 0.1) is 0 Å². The summed E-state index contributed by atoms with van der Waals surface area (Å²) < 4.78 is 0. The first-order chi connectivity index (χ1) is 8.61. The highest BCUT2D eigenvalue weighted by Gasteiger charge is 2.10. The molecule has 0 aliphatic carbocycles. The lowest BCUT2D eigenvalue weighted by Gasteiger charge is -2.15. The molecule has 1 rings (SSSR count). The minimum Gasteiger partial charge on any atom is -0.395 e. The molecule has 0 bridgehead atoms. The number of carbonyl (C=O) groups is 2. The van der Waals surface area contributed by atoms with Crippen molar-refractivity contribution >= 4 is 11.9 Å². The van der Waals surface area contributed by atoms with Gasteiger partial charge in [0.25, 0.3) is 0 Å². The number of urea groups is 1. The average molecular weight is 251 g/mol. The van der Waals surface area contributed by atoms with Gasteiger partial charge in [0.2, 0.25) is 5.91 Å². The molecule has 18 heavy (non-hydrogen) atoms. The maximum absolute atomic E-state index is 11.2. The summed E-state index contributed by atoms with van der Waals surface area (Å²) in [6, 6.07) is 8.47. The van der Waals surface area contributed by atoms with Crippen molar-refractivity contribution in [2.75, 3.05) is 13.2 Å². The molecule has 0 aromatic heterocycles. The zero-order chi connectivity index (χ0) is 13.4. The van der Waals surface area contributed by atoms with Crippen LogP contribution in [0.15, 0.2) is 30.3 Å². The number of nitrogens with two attached hydrogens (primary N) is 1. The van der Waals surface area contributed by atoms with E-state index in [0.29, 0.717) is 6.42 Å². The number of aliphatic hydroxyl groups is 1. The van der Waals surface area contributed by atoms with Crippen molar-refractivity contribution in [3.63, 3.8) is 0 Å². The molecule has 5 N–H and O–H groups in total. The average Bonchev–Trinajstić information content (AvgIpc) is 2.35. The number of nitrogens with one attached hydrogen (secondary N) is 2. The predicted molar refractivity (Wildman–Crippen MR) is 66.7 cm³/mol. The lowest BCUT2D eigenvalue weighted by molar-refractivity contribution is -0.119. The van der Waals surface area contributed by atoms with Crippen LogP contribution in [-0.4, -0.2) is 36.2 Å². The summed E-state index contributed by atoms with van der Waals surface area (Å²) in [5, 5.41) is 14.0. The SMILES string of the molecule is NC(=O)NC(=O)CNC(CO)Cc1ccccc1. The second-order valence-corrected chi connectivity index (χ2v) is 3.86. The maximum atomic E-state index is 11.2. The highest BCUT2D eigenvalue weighted by molar-refractivity contribution is 5.94. The molecule has 0 spiro atoms. The summed E-state index contributed by atoms with van der Waals surface area (Å²) >= 11 is 0. The Morgan fingerprint density at radius 3 is 2.50 bits per heavy atom. The predicted octanol–water partition coefficient (Wildman–Crippen LogP) is -0.625. The van der Waals surface area contributed by atoms with Crippen LogP contribution >= 0.6 is 0 Å². The third-order valence-electron chi connectivity index (χ3n) is 2.36. The number of imide groups is 1. The highest BCUT2D eigenvalue weighted by atomic mass is 16.3. The van der Waals surface area contributed by atoms with Gasteiger partial charge in [-0.3, -0.25) is 10.1 Å². The molecule has 0 saturated heterocycles. The van der Waals surface area contributed by atoms with Crippen LogP contribution in [0.1, 0.15) is 5.56 Å². The molecular weight excluding hydrogens is 234 g/mol. The smallest absolute Gasteiger partial charge is 0.318 e. The Bertz CT molecular complexity index is 395. The van der Waals surface area contributed by atoms with Gasteiger partial charge in [-0.2, -0.15) is 0 Å². The number of rotatable bonds is 6. The van der Waals surface area contributed by atoms with E-state index in [-0.39, 0.29) is 19.2 Å². The molecule has 3 amide bonds. The molecule has 6 heteroatoms. The van der Waals surface area contributed by atoms with Crippen LogP contribution in [0.5, 0.6) is 0 Å². The standard InChI is InChI=1S/C12H17N3O3/c13-12(18)15-11(17)7-14-10(8-16)6-9-4-2-1-3-5-9/h1-5,10,14,16H,6-8H2,(H3,13,15,17,18). The first-order valence-corrected chi connectivity index (χ1v) is 5.59. The summed E-state index contributed by atoms with van der Waals surface area (Å²) in [6.45, 7) is -0.167. The number of hydrogen-bond acceptors (Lipinski definition) is 4. The Morgan fingerprint density at radius 1 is 1.28 bits per heavy atom.